The highest BCUT2D eigenvalue weighted by atomic mass is 19.4. The van der Waals surface area contributed by atoms with Gasteiger partial charge in [0.05, 0.1) is 12.2 Å². The molecule has 26 heavy (non-hydrogen) atoms. The third-order valence-electron chi connectivity index (χ3n) is 3.37. The molecule has 3 rings (SSSR count). The van der Waals surface area contributed by atoms with Crippen LogP contribution in [0.1, 0.15) is 0 Å². The first kappa shape index (κ1) is 17.7. The van der Waals surface area contributed by atoms with Crippen LogP contribution in [-0.4, -0.2) is 32.0 Å². The molecule has 2 aromatic rings. The Hall–Kier alpha value is -3.10. The lowest BCUT2D eigenvalue weighted by Crippen LogP contribution is -2.23. The number of anilines is 2. The van der Waals surface area contributed by atoms with E-state index in [0.29, 0.717) is 17.2 Å². The number of nitrogens with one attached hydrogen (secondary N) is 2. The van der Waals surface area contributed by atoms with E-state index in [0.717, 1.165) is 0 Å². The molecule has 1 amide bonds. The lowest BCUT2D eigenvalue weighted by Gasteiger charge is -2.14. The fraction of sp³-hybridized carbons (Fsp3) is 0.235. The Morgan fingerprint density at radius 2 is 1.88 bits per heavy atom. The van der Waals surface area contributed by atoms with Crippen molar-refractivity contribution in [1.82, 2.24) is 0 Å². The van der Waals surface area contributed by atoms with Crippen molar-refractivity contribution in [2.45, 2.75) is 6.18 Å². The van der Waals surface area contributed by atoms with Gasteiger partial charge in [0.2, 0.25) is 12.7 Å². The minimum absolute atomic E-state index is 0.0145. The molecule has 0 aliphatic carbocycles. The van der Waals surface area contributed by atoms with Crippen molar-refractivity contribution in [1.29, 1.82) is 0 Å². The lowest BCUT2D eigenvalue weighted by atomic mass is 10.2. The molecule has 0 saturated carbocycles. The van der Waals surface area contributed by atoms with Gasteiger partial charge in [-0.25, -0.2) is 0 Å². The quantitative estimate of drug-likeness (QED) is 0.818. The maximum Gasteiger partial charge on any atom is 0.422 e. The van der Waals surface area contributed by atoms with Gasteiger partial charge < -0.3 is 24.8 Å². The molecule has 0 fully saturated rings. The minimum Gasteiger partial charge on any atom is -0.482 e. The van der Waals surface area contributed by atoms with Crippen LogP contribution in [0.15, 0.2) is 42.5 Å². The number of benzene rings is 2. The second-order valence-electron chi connectivity index (χ2n) is 5.37. The molecule has 1 aliphatic heterocycles. The smallest absolute Gasteiger partial charge is 0.422 e. The van der Waals surface area contributed by atoms with Gasteiger partial charge in [0.15, 0.2) is 18.1 Å². The van der Waals surface area contributed by atoms with Gasteiger partial charge in [0, 0.05) is 11.8 Å². The lowest BCUT2D eigenvalue weighted by molar-refractivity contribution is -0.153. The number of carbonyl (C=O) groups is 1. The maximum atomic E-state index is 12.3. The van der Waals surface area contributed by atoms with E-state index in [-0.39, 0.29) is 30.7 Å². The zero-order valence-corrected chi connectivity index (χ0v) is 13.4. The number of alkyl halides is 3. The SMILES string of the molecule is O=C(CNc1ccccc1OCC(F)(F)F)Nc1ccc2c(c1)OCO2. The van der Waals surface area contributed by atoms with E-state index >= 15 is 0 Å². The number of ether oxygens (including phenoxy) is 3. The van der Waals surface area contributed by atoms with E-state index in [9.17, 15) is 18.0 Å². The first-order chi connectivity index (χ1) is 12.4. The summed E-state index contributed by atoms with van der Waals surface area (Å²) in [4.78, 5) is 12.0. The Labute approximate surface area is 146 Å². The van der Waals surface area contributed by atoms with Crippen molar-refractivity contribution < 1.29 is 32.2 Å². The third kappa shape index (κ3) is 4.71. The van der Waals surface area contributed by atoms with Gasteiger partial charge in [-0.2, -0.15) is 13.2 Å². The molecule has 2 N–H and O–H groups in total. The number of halogens is 3. The Morgan fingerprint density at radius 3 is 2.69 bits per heavy atom. The highest BCUT2D eigenvalue weighted by Crippen LogP contribution is 2.34. The van der Waals surface area contributed by atoms with E-state index < -0.39 is 12.8 Å². The number of fused-ring (bicyclic) bond motifs is 1. The van der Waals surface area contributed by atoms with Crippen molar-refractivity contribution in [2.24, 2.45) is 0 Å². The Balaban J connectivity index is 1.56. The van der Waals surface area contributed by atoms with Gasteiger partial charge in [0.25, 0.3) is 0 Å². The first-order valence-corrected chi connectivity index (χ1v) is 7.63. The van der Waals surface area contributed by atoms with Gasteiger partial charge in [-0.1, -0.05) is 12.1 Å². The van der Waals surface area contributed by atoms with Gasteiger partial charge >= 0.3 is 6.18 Å². The molecule has 1 heterocycles. The number of hydrogen-bond donors (Lipinski definition) is 2. The number of amides is 1. The second kappa shape index (κ2) is 7.42. The summed E-state index contributed by atoms with van der Waals surface area (Å²) in [6.45, 7) is -1.43. The van der Waals surface area contributed by atoms with E-state index in [1.54, 1.807) is 30.3 Å². The number of carbonyl (C=O) groups excluding carboxylic acids is 1. The standard InChI is InChI=1S/C17H15F3N2O4/c18-17(19,20)9-24-13-4-2-1-3-12(13)21-8-16(23)22-11-5-6-14-15(7-11)26-10-25-14/h1-7,21H,8-10H2,(H,22,23). The van der Waals surface area contributed by atoms with Gasteiger partial charge in [-0.05, 0) is 24.3 Å². The predicted octanol–water partition coefficient (Wildman–Crippen LogP) is 3.41. The summed E-state index contributed by atoms with van der Waals surface area (Å²) < 4.78 is 52.0. The summed E-state index contributed by atoms with van der Waals surface area (Å²) in [6.07, 6.45) is -4.44. The van der Waals surface area contributed by atoms with Crippen LogP contribution in [-0.2, 0) is 4.79 Å². The topological polar surface area (TPSA) is 68.8 Å². The van der Waals surface area contributed by atoms with Crippen LogP contribution in [0, 0.1) is 0 Å². The molecule has 138 valence electrons. The highest BCUT2D eigenvalue weighted by molar-refractivity contribution is 5.94. The predicted molar refractivity (Wildman–Crippen MR) is 87.7 cm³/mol. The minimum atomic E-state index is -4.44. The number of hydrogen-bond acceptors (Lipinski definition) is 5. The molecule has 0 spiro atoms. The number of rotatable bonds is 6. The average Bonchev–Trinajstić information content (AvgIpc) is 3.06. The molecule has 0 aromatic heterocycles. The monoisotopic (exact) mass is 368 g/mol. The van der Waals surface area contributed by atoms with E-state index in [4.69, 9.17) is 14.2 Å². The largest absolute Gasteiger partial charge is 0.482 e. The number of para-hydroxylation sites is 2. The first-order valence-electron chi connectivity index (χ1n) is 7.63. The third-order valence-corrected chi connectivity index (χ3v) is 3.37. The molecule has 0 unspecified atom stereocenters. The van der Waals surface area contributed by atoms with Crippen molar-refractivity contribution in [3.63, 3.8) is 0 Å². The van der Waals surface area contributed by atoms with Crippen molar-refractivity contribution in [3.8, 4) is 17.2 Å². The molecule has 0 saturated heterocycles. The fourth-order valence-electron chi connectivity index (χ4n) is 2.25. The van der Waals surface area contributed by atoms with Gasteiger partial charge in [-0.15, -0.1) is 0 Å². The molecule has 0 atom stereocenters. The Bertz CT molecular complexity index is 796. The van der Waals surface area contributed by atoms with E-state index in [1.807, 2.05) is 0 Å². The van der Waals surface area contributed by atoms with Crippen molar-refractivity contribution >= 4 is 17.3 Å². The summed E-state index contributed by atoms with van der Waals surface area (Å²) in [6, 6.07) is 11.0. The zero-order valence-electron chi connectivity index (χ0n) is 13.4. The van der Waals surface area contributed by atoms with Crippen LogP contribution in [0.4, 0.5) is 24.5 Å². The Kier molecular flexibility index (Phi) is 5.06. The molecule has 6 nitrogen and oxygen atoms in total. The van der Waals surface area contributed by atoms with Gasteiger partial charge in [-0.3, -0.25) is 4.79 Å². The maximum absolute atomic E-state index is 12.3. The van der Waals surface area contributed by atoms with Crippen LogP contribution in [0.2, 0.25) is 0 Å². The Morgan fingerprint density at radius 1 is 1.12 bits per heavy atom. The van der Waals surface area contributed by atoms with Crippen molar-refractivity contribution in [2.75, 3.05) is 30.6 Å². The molecular weight excluding hydrogens is 353 g/mol. The van der Waals surface area contributed by atoms with Crippen LogP contribution >= 0.6 is 0 Å². The summed E-state index contributed by atoms with van der Waals surface area (Å²) in [5.74, 6) is 0.758. The second-order valence-corrected chi connectivity index (χ2v) is 5.37. The van der Waals surface area contributed by atoms with E-state index in [1.165, 1.54) is 12.1 Å². The summed E-state index contributed by atoms with van der Waals surface area (Å²) >= 11 is 0. The molecule has 9 heteroatoms. The highest BCUT2D eigenvalue weighted by Gasteiger charge is 2.28. The fourth-order valence-corrected chi connectivity index (χ4v) is 2.25. The summed E-state index contributed by atoms with van der Waals surface area (Å²) in [7, 11) is 0. The normalized spacial score (nSPS) is 12.6. The molecular formula is C17H15F3N2O4. The van der Waals surface area contributed by atoms with Gasteiger partial charge in [0.1, 0.15) is 5.75 Å². The van der Waals surface area contributed by atoms with Crippen LogP contribution in [0.25, 0.3) is 0 Å². The van der Waals surface area contributed by atoms with E-state index in [2.05, 4.69) is 10.6 Å². The summed E-state index contributed by atoms with van der Waals surface area (Å²) in [5.41, 5.74) is 0.806. The average molecular weight is 368 g/mol. The van der Waals surface area contributed by atoms with Crippen molar-refractivity contribution in [3.05, 3.63) is 42.5 Å². The van der Waals surface area contributed by atoms with Crippen LogP contribution in [0.5, 0.6) is 17.2 Å². The molecule has 0 radical (unpaired) electrons. The van der Waals surface area contributed by atoms with Crippen LogP contribution < -0.4 is 24.8 Å². The molecule has 2 aromatic carbocycles. The summed E-state index contributed by atoms with van der Waals surface area (Å²) in [5, 5.41) is 5.42. The zero-order chi connectivity index (χ0) is 18.6. The van der Waals surface area contributed by atoms with Crippen LogP contribution in [0.3, 0.4) is 0 Å². The molecule has 0 bridgehead atoms. The molecule has 1 aliphatic rings.